The van der Waals surface area contributed by atoms with Crippen molar-refractivity contribution in [2.24, 2.45) is 0 Å². The number of benzene rings is 1. The Hall–Kier alpha value is -1.40. The number of hydrogen-bond donors (Lipinski definition) is 1. The molecular weight excluding hydrogens is 279 g/mol. The Bertz CT molecular complexity index is 674. The van der Waals surface area contributed by atoms with Crippen LogP contribution in [-0.2, 0) is 11.3 Å². The van der Waals surface area contributed by atoms with Crippen molar-refractivity contribution in [1.29, 1.82) is 0 Å². The lowest BCUT2D eigenvalue weighted by Crippen LogP contribution is -2.10. The van der Waals surface area contributed by atoms with Crippen LogP contribution in [0.4, 0.5) is 4.39 Å². The molecule has 0 aliphatic carbocycles. The average molecular weight is 296 g/mol. The fraction of sp³-hybridized carbons (Fsp3) is 0.500. The number of ether oxygens (including phenoxy) is 2. The second kappa shape index (κ2) is 5.54. The van der Waals surface area contributed by atoms with E-state index >= 15 is 0 Å². The summed E-state index contributed by atoms with van der Waals surface area (Å²) in [5, 5.41) is 0. The molecular formula is C14H17FN2O2S. The first kappa shape index (κ1) is 13.6. The Labute approximate surface area is 121 Å². The first-order valence-corrected chi connectivity index (χ1v) is 7.17. The van der Waals surface area contributed by atoms with Crippen molar-refractivity contribution in [3.8, 4) is 5.75 Å². The van der Waals surface area contributed by atoms with Crippen molar-refractivity contribution >= 4 is 23.3 Å². The zero-order valence-corrected chi connectivity index (χ0v) is 12.1. The molecule has 1 aliphatic heterocycles. The Morgan fingerprint density at radius 3 is 3.10 bits per heavy atom. The predicted octanol–water partition coefficient (Wildman–Crippen LogP) is 3.42. The minimum Gasteiger partial charge on any atom is -0.494 e. The number of aryl methyl sites for hydroxylation is 1. The molecule has 6 heteroatoms. The van der Waals surface area contributed by atoms with Gasteiger partial charge in [-0.2, -0.15) is 0 Å². The molecule has 20 heavy (non-hydrogen) atoms. The quantitative estimate of drug-likeness (QED) is 0.879. The van der Waals surface area contributed by atoms with E-state index in [4.69, 9.17) is 21.7 Å². The van der Waals surface area contributed by atoms with Crippen molar-refractivity contribution < 1.29 is 13.9 Å². The predicted molar refractivity (Wildman–Crippen MR) is 77.2 cm³/mol. The van der Waals surface area contributed by atoms with Gasteiger partial charge < -0.3 is 19.0 Å². The van der Waals surface area contributed by atoms with Gasteiger partial charge in [-0.1, -0.05) is 0 Å². The molecule has 1 N–H and O–H groups in total. The van der Waals surface area contributed by atoms with Gasteiger partial charge in [-0.3, -0.25) is 0 Å². The van der Waals surface area contributed by atoms with Gasteiger partial charge in [-0.15, -0.1) is 0 Å². The summed E-state index contributed by atoms with van der Waals surface area (Å²) < 4.78 is 26.9. The lowest BCUT2D eigenvalue weighted by atomic mass is 10.2. The topological polar surface area (TPSA) is 39.2 Å². The zero-order chi connectivity index (χ0) is 14.1. The number of methoxy groups -OCH3 is 1. The molecule has 2 aromatic rings. The number of rotatable bonds is 4. The molecule has 1 unspecified atom stereocenters. The van der Waals surface area contributed by atoms with Crippen LogP contribution in [0.15, 0.2) is 12.1 Å². The molecule has 1 aromatic carbocycles. The lowest BCUT2D eigenvalue weighted by molar-refractivity contribution is 0.101. The zero-order valence-electron chi connectivity index (χ0n) is 11.3. The molecule has 1 fully saturated rings. The second-order valence-electron chi connectivity index (χ2n) is 5.01. The normalized spacial score (nSPS) is 18.8. The maximum Gasteiger partial charge on any atom is 0.178 e. The monoisotopic (exact) mass is 296 g/mol. The molecule has 1 atom stereocenters. The van der Waals surface area contributed by atoms with Crippen LogP contribution in [0.25, 0.3) is 11.0 Å². The number of nitrogens with one attached hydrogen (secondary N) is 1. The summed E-state index contributed by atoms with van der Waals surface area (Å²) >= 11 is 5.32. The minimum absolute atomic E-state index is 0.234. The van der Waals surface area contributed by atoms with Gasteiger partial charge in [0.15, 0.2) is 16.3 Å². The number of hydrogen-bond acceptors (Lipinski definition) is 3. The standard InChI is InChI=1S/C14H17FN2O2S/c1-18-13-8-12-11(7-10(13)15)16-14(20)17(12)5-4-9-3-2-6-19-9/h7-9H,2-6H2,1H3,(H,16,20). The summed E-state index contributed by atoms with van der Waals surface area (Å²) in [5.74, 6) is -0.153. The summed E-state index contributed by atoms with van der Waals surface area (Å²) in [6.45, 7) is 1.61. The van der Waals surface area contributed by atoms with Crippen LogP contribution in [0.3, 0.4) is 0 Å². The highest BCUT2D eigenvalue weighted by molar-refractivity contribution is 7.71. The van der Waals surface area contributed by atoms with Crippen LogP contribution in [0, 0.1) is 10.6 Å². The Balaban J connectivity index is 1.92. The third-order valence-electron chi connectivity index (χ3n) is 3.75. The number of halogens is 1. The third kappa shape index (κ3) is 2.45. The number of aromatic amines is 1. The van der Waals surface area contributed by atoms with Gasteiger partial charge in [0, 0.05) is 25.3 Å². The smallest absolute Gasteiger partial charge is 0.178 e. The molecule has 1 aliphatic rings. The van der Waals surface area contributed by atoms with Crippen molar-refractivity contribution in [2.75, 3.05) is 13.7 Å². The average Bonchev–Trinajstić information content (AvgIpc) is 3.03. The first-order valence-electron chi connectivity index (χ1n) is 6.76. The van der Waals surface area contributed by atoms with Crippen molar-refractivity contribution in [3.63, 3.8) is 0 Å². The molecule has 108 valence electrons. The van der Waals surface area contributed by atoms with E-state index in [9.17, 15) is 4.39 Å². The third-order valence-corrected chi connectivity index (χ3v) is 4.07. The van der Waals surface area contributed by atoms with Gasteiger partial charge >= 0.3 is 0 Å². The summed E-state index contributed by atoms with van der Waals surface area (Å²) in [7, 11) is 1.46. The van der Waals surface area contributed by atoms with Crippen LogP contribution < -0.4 is 4.74 Å². The molecule has 0 radical (unpaired) electrons. The Morgan fingerprint density at radius 2 is 2.40 bits per heavy atom. The van der Waals surface area contributed by atoms with E-state index in [2.05, 4.69) is 4.98 Å². The fourth-order valence-corrected chi connectivity index (χ4v) is 2.98. The highest BCUT2D eigenvalue weighted by atomic mass is 32.1. The number of H-pyrrole nitrogens is 1. The minimum atomic E-state index is -0.387. The second-order valence-corrected chi connectivity index (χ2v) is 5.40. The van der Waals surface area contributed by atoms with Gasteiger partial charge in [-0.25, -0.2) is 4.39 Å². The number of aromatic nitrogens is 2. The van der Waals surface area contributed by atoms with Gasteiger partial charge in [-0.05, 0) is 31.5 Å². The molecule has 4 nitrogen and oxygen atoms in total. The highest BCUT2D eigenvalue weighted by Gasteiger charge is 2.16. The van der Waals surface area contributed by atoms with Crippen molar-refractivity contribution in [3.05, 3.63) is 22.7 Å². The Kier molecular flexibility index (Phi) is 3.76. The van der Waals surface area contributed by atoms with E-state index in [1.807, 2.05) is 4.57 Å². The lowest BCUT2D eigenvalue weighted by Gasteiger charge is -2.10. The van der Waals surface area contributed by atoms with Crippen molar-refractivity contribution in [1.82, 2.24) is 9.55 Å². The molecule has 1 aromatic heterocycles. The molecule has 2 heterocycles. The molecule has 0 saturated carbocycles. The molecule has 0 amide bonds. The van der Waals surface area contributed by atoms with E-state index in [1.165, 1.54) is 13.2 Å². The van der Waals surface area contributed by atoms with E-state index in [-0.39, 0.29) is 11.6 Å². The van der Waals surface area contributed by atoms with Gasteiger partial charge in [0.25, 0.3) is 0 Å². The molecule has 1 saturated heterocycles. The van der Waals surface area contributed by atoms with Crippen LogP contribution in [0.5, 0.6) is 5.75 Å². The fourth-order valence-electron chi connectivity index (χ4n) is 2.68. The first-order chi connectivity index (χ1) is 9.69. The van der Waals surface area contributed by atoms with Crippen LogP contribution >= 0.6 is 12.2 Å². The summed E-state index contributed by atoms with van der Waals surface area (Å²) in [6.07, 6.45) is 3.46. The van der Waals surface area contributed by atoms with Crippen LogP contribution in [0.1, 0.15) is 19.3 Å². The van der Waals surface area contributed by atoms with Crippen molar-refractivity contribution in [2.45, 2.75) is 31.9 Å². The Morgan fingerprint density at radius 1 is 1.55 bits per heavy atom. The largest absolute Gasteiger partial charge is 0.494 e. The van der Waals surface area contributed by atoms with Crippen LogP contribution in [-0.4, -0.2) is 29.4 Å². The molecule has 0 bridgehead atoms. The molecule has 0 spiro atoms. The summed E-state index contributed by atoms with van der Waals surface area (Å²) in [4.78, 5) is 3.04. The van der Waals surface area contributed by atoms with Crippen LogP contribution in [0.2, 0.25) is 0 Å². The van der Waals surface area contributed by atoms with E-state index in [1.54, 1.807) is 6.07 Å². The van der Waals surface area contributed by atoms with Gasteiger partial charge in [0.1, 0.15) is 0 Å². The number of nitrogens with zero attached hydrogens (tertiary/aromatic N) is 1. The van der Waals surface area contributed by atoms with Gasteiger partial charge in [0.05, 0.1) is 24.2 Å². The maximum atomic E-state index is 13.7. The van der Waals surface area contributed by atoms with E-state index in [0.29, 0.717) is 16.4 Å². The van der Waals surface area contributed by atoms with Gasteiger partial charge in [0.2, 0.25) is 0 Å². The summed E-state index contributed by atoms with van der Waals surface area (Å²) in [6, 6.07) is 3.11. The highest BCUT2D eigenvalue weighted by Crippen LogP contribution is 2.25. The maximum absolute atomic E-state index is 13.7. The molecule has 3 rings (SSSR count). The number of fused-ring (bicyclic) bond motifs is 1. The van der Waals surface area contributed by atoms with E-state index in [0.717, 1.165) is 37.9 Å². The summed E-state index contributed by atoms with van der Waals surface area (Å²) in [5.41, 5.74) is 1.56. The number of imidazole rings is 1. The van der Waals surface area contributed by atoms with E-state index < -0.39 is 0 Å². The SMILES string of the molecule is COc1cc2c(cc1F)[nH]c(=S)n2CCC1CCCO1.